The molecule has 1 atom stereocenters. The predicted molar refractivity (Wildman–Crippen MR) is 121 cm³/mol. The summed E-state index contributed by atoms with van der Waals surface area (Å²) < 4.78 is 15.2. The molecule has 31 heavy (non-hydrogen) atoms. The molecule has 2 heterocycles. The highest BCUT2D eigenvalue weighted by atomic mass is 32.2. The van der Waals surface area contributed by atoms with E-state index in [1.807, 2.05) is 76.4 Å². The van der Waals surface area contributed by atoms with Crippen LogP contribution in [-0.2, 0) is 11.3 Å². The second kappa shape index (κ2) is 8.40. The predicted octanol–water partition coefficient (Wildman–Crippen LogP) is 5.45. The van der Waals surface area contributed by atoms with Gasteiger partial charge in [0.15, 0.2) is 0 Å². The zero-order valence-electron chi connectivity index (χ0n) is 16.7. The van der Waals surface area contributed by atoms with Crippen LogP contribution in [0.1, 0.15) is 16.5 Å². The molecule has 0 saturated carbocycles. The molecule has 0 unspecified atom stereocenters. The molecule has 6 heteroatoms. The Morgan fingerprint density at radius 2 is 1.61 bits per heavy atom. The summed E-state index contributed by atoms with van der Waals surface area (Å²) in [7, 11) is 0. The fourth-order valence-electron chi connectivity index (χ4n) is 3.77. The number of thioether (sulfide) groups is 1. The van der Waals surface area contributed by atoms with Gasteiger partial charge in [-0.1, -0.05) is 60.7 Å². The SMILES string of the molecule is O=C1CS[C@@H](c2cn(-c3ccccc3)nc2-c2ccccc2)N1Cc1ccc(F)cc1. The fraction of sp³-hybridized carbons (Fsp3) is 0.120. The topological polar surface area (TPSA) is 38.1 Å². The lowest BCUT2D eigenvalue weighted by atomic mass is 10.1. The zero-order chi connectivity index (χ0) is 21.2. The van der Waals surface area contributed by atoms with Crippen LogP contribution in [0.4, 0.5) is 4.39 Å². The molecule has 0 radical (unpaired) electrons. The first-order chi connectivity index (χ1) is 15.2. The van der Waals surface area contributed by atoms with Gasteiger partial charge in [-0.25, -0.2) is 9.07 Å². The van der Waals surface area contributed by atoms with Crippen LogP contribution in [0.2, 0.25) is 0 Å². The number of hydrogen-bond acceptors (Lipinski definition) is 3. The molecule has 4 aromatic rings. The summed E-state index contributed by atoms with van der Waals surface area (Å²) >= 11 is 1.60. The number of hydrogen-bond donors (Lipinski definition) is 0. The molecular formula is C25H20FN3OS. The van der Waals surface area contributed by atoms with Gasteiger partial charge < -0.3 is 4.90 Å². The molecule has 0 N–H and O–H groups in total. The number of benzene rings is 3. The Hall–Kier alpha value is -3.38. The van der Waals surface area contributed by atoms with Crippen molar-refractivity contribution >= 4 is 17.7 Å². The second-order valence-electron chi connectivity index (χ2n) is 7.39. The third-order valence-corrected chi connectivity index (χ3v) is 6.55. The number of rotatable bonds is 5. The van der Waals surface area contributed by atoms with E-state index in [4.69, 9.17) is 5.10 Å². The summed E-state index contributed by atoms with van der Waals surface area (Å²) in [5.41, 5.74) is 4.73. The summed E-state index contributed by atoms with van der Waals surface area (Å²) in [6.45, 7) is 0.432. The first-order valence-corrected chi connectivity index (χ1v) is 11.1. The van der Waals surface area contributed by atoms with Gasteiger partial charge in [-0.2, -0.15) is 5.10 Å². The first-order valence-electron chi connectivity index (χ1n) is 10.0. The van der Waals surface area contributed by atoms with Crippen molar-refractivity contribution in [2.45, 2.75) is 11.9 Å². The van der Waals surface area contributed by atoms with Crippen LogP contribution in [0, 0.1) is 5.82 Å². The van der Waals surface area contributed by atoms with Crippen LogP contribution >= 0.6 is 11.8 Å². The van der Waals surface area contributed by atoms with Crippen LogP contribution in [0.15, 0.2) is 91.1 Å². The van der Waals surface area contributed by atoms with Gasteiger partial charge in [-0.3, -0.25) is 4.79 Å². The maximum absolute atomic E-state index is 13.3. The largest absolute Gasteiger partial charge is 0.321 e. The van der Waals surface area contributed by atoms with E-state index in [1.165, 1.54) is 12.1 Å². The number of nitrogens with zero attached hydrogens (tertiary/aromatic N) is 3. The van der Waals surface area contributed by atoms with E-state index in [9.17, 15) is 9.18 Å². The molecule has 0 bridgehead atoms. The number of amides is 1. The molecule has 154 valence electrons. The van der Waals surface area contributed by atoms with E-state index in [0.717, 1.165) is 28.1 Å². The Balaban J connectivity index is 1.56. The van der Waals surface area contributed by atoms with Crippen molar-refractivity contribution in [1.29, 1.82) is 0 Å². The van der Waals surface area contributed by atoms with E-state index in [0.29, 0.717) is 12.3 Å². The van der Waals surface area contributed by atoms with E-state index < -0.39 is 0 Å². The summed E-state index contributed by atoms with van der Waals surface area (Å²) in [5.74, 6) is 0.208. The summed E-state index contributed by atoms with van der Waals surface area (Å²) in [6, 6.07) is 26.3. The molecule has 0 aliphatic carbocycles. The minimum absolute atomic E-state index is 0.0748. The van der Waals surface area contributed by atoms with Crippen molar-refractivity contribution in [2.75, 3.05) is 5.75 Å². The van der Waals surface area contributed by atoms with Crippen molar-refractivity contribution in [3.8, 4) is 16.9 Å². The molecule has 1 aliphatic rings. The molecule has 4 nitrogen and oxygen atoms in total. The van der Waals surface area contributed by atoms with Crippen LogP contribution in [0.5, 0.6) is 0 Å². The van der Waals surface area contributed by atoms with E-state index >= 15 is 0 Å². The van der Waals surface area contributed by atoms with Gasteiger partial charge in [0, 0.05) is 23.9 Å². The Morgan fingerprint density at radius 3 is 2.32 bits per heavy atom. The van der Waals surface area contributed by atoms with Crippen LogP contribution in [-0.4, -0.2) is 26.3 Å². The highest BCUT2D eigenvalue weighted by Gasteiger charge is 2.35. The lowest BCUT2D eigenvalue weighted by Gasteiger charge is -2.24. The maximum Gasteiger partial charge on any atom is 0.234 e. The van der Waals surface area contributed by atoms with Crippen LogP contribution < -0.4 is 0 Å². The maximum atomic E-state index is 13.3. The number of carbonyl (C=O) groups is 1. The van der Waals surface area contributed by atoms with Crippen molar-refractivity contribution in [3.63, 3.8) is 0 Å². The summed E-state index contributed by atoms with van der Waals surface area (Å²) in [5, 5.41) is 4.73. The third kappa shape index (κ3) is 3.99. The van der Waals surface area contributed by atoms with E-state index in [-0.39, 0.29) is 17.1 Å². The van der Waals surface area contributed by atoms with E-state index in [1.54, 1.807) is 23.9 Å². The number of carbonyl (C=O) groups excluding carboxylic acids is 1. The molecule has 1 fully saturated rings. The zero-order valence-corrected chi connectivity index (χ0v) is 17.5. The number of para-hydroxylation sites is 1. The number of aromatic nitrogens is 2. The Kier molecular flexibility index (Phi) is 5.30. The van der Waals surface area contributed by atoms with Gasteiger partial charge in [-0.05, 0) is 29.8 Å². The molecule has 3 aromatic carbocycles. The normalized spacial score (nSPS) is 16.1. The average molecular weight is 430 g/mol. The van der Waals surface area contributed by atoms with Gasteiger partial charge in [0.1, 0.15) is 11.2 Å². The Morgan fingerprint density at radius 1 is 0.935 bits per heavy atom. The number of halogens is 1. The first kappa shape index (κ1) is 19.6. The summed E-state index contributed by atoms with van der Waals surface area (Å²) in [6.07, 6.45) is 2.02. The van der Waals surface area contributed by atoms with Gasteiger partial charge in [-0.15, -0.1) is 11.8 Å². The highest BCUT2D eigenvalue weighted by molar-refractivity contribution is 8.00. The van der Waals surface area contributed by atoms with Crippen LogP contribution in [0.3, 0.4) is 0 Å². The molecule has 1 aromatic heterocycles. The fourth-order valence-corrected chi connectivity index (χ4v) is 4.96. The van der Waals surface area contributed by atoms with Crippen LogP contribution in [0.25, 0.3) is 16.9 Å². The van der Waals surface area contributed by atoms with Gasteiger partial charge in [0.05, 0.1) is 17.1 Å². The molecular weight excluding hydrogens is 409 g/mol. The lowest BCUT2D eigenvalue weighted by molar-refractivity contribution is -0.128. The summed E-state index contributed by atoms with van der Waals surface area (Å²) in [4.78, 5) is 14.6. The second-order valence-corrected chi connectivity index (χ2v) is 8.46. The Bertz CT molecular complexity index is 1190. The quantitative estimate of drug-likeness (QED) is 0.423. The van der Waals surface area contributed by atoms with Crippen molar-refractivity contribution in [3.05, 3.63) is 108 Å². The highest BCUT2D eigenvalue weighted by Crippen LogP contribution is 2.43. The van der Waals surface area contributed by atoms with Gasteiger partial charge >= 0.3 is 0 Å². The van der Waals surface area contributed by atoms with Crippen molar-refractivity contribution < 1.29 is 9.18 Å². The molecule has 5 rings (SSSR count). The van der Waals surface area contributed by atoms with Crippen molar-refractivity contribution in [1.82, 2.24) is 14.7 Å². The molecule has 1 aliphatic heterocycles. The molecule has 1 saturated heterocycles. The average Bonchev–Trinajstić information content (AvgIpc) is 3.41. The van der Waals surface area contributed by atoms with E-state index in [2.05, 4.69) is 0 Å². The third-order valence-electron chi connectivity index (χ3n) is 5.31. The standard InChI is InChI=1S/C25H20FN3OS/c26-20-13-11-18(12-14-20)15-28-23(30)17-31-25(28)22-16-29(21-9-5-2-6-10-21)27-24(22)19-7-3-1-4-8-19/h1-14,16,25H,15,17H2/t25-/m0/s1. The minimum atomic E-state index is -0.280. The monoisotopic (exact) mass is 429 g/mol. The van der Waals surface area contributed by atoms with Gasteiger partial charge in [0.2, 0.25) is 5.91 Å². The van der Waals surface area contributed by atoms with Crippen molar-refractivity contribution in [2.24, 2.45) is 0 Å². The lowest BCUT2D eigenvalue weighted by Crippen LogP contribution is -2.27. The minimum Gasteiger partial charge on any atom is -0.321 e. The smallest absolute Gasteiger partial charge is 0.234 e. The molecule has 1 amide bonds. The Labute approximate surface area is 184 Å². The van der Waals surface area contributed by atoms with Gasteiger partial charge in [0.25, 0.3) is 0 Å². The molecule has 0 spiro atoms.